The van der Waals surface area contributed by atoms with Gasteiger partial charge in [0.05, 0.1) is 18.0 Å². The lowest BCUT2D eigenvalue weighted by Crippen LogP contribution is -2.27. The Labute approximate surface area is 162 Å². The van der Waals surface area contributed by atoms with E-state index in [1.54, 1.807) is 12.1 Å². The summed E-state index contributed by atoms with van der Waals surface area (Å²) in [6.45, 7) is 6.15. The van der Waals surface area contributed by atoms with E-state index in [2.05, 4.69) is 48.2 Å². The SMILES string of the molecule is CC(C)c1ccc(CCC(=O)NC(C)c2ccccc2NS(C)(=O)=O)cc1. The van der Waals surface area contributed by atoms with Gasteiger partial charge in [0.1, 0.15) is 0 Å². The van der Waals surface area contributed by atoms with Crippen molar-refractivity contribution < 1.29 is 13.2 Å². The third-order valence-electron chi connectivity index (χ3n) is 4.39. The lowest BCUT2D eigenvalue weighted by atomic mass is 10.00. The Hall–Kier alpha value is -2.34. The zero-order valence-electron chi connectivity index (χ0n) is 16.3. The largest absolute Gasteiger partial charge is 0.349 e. The third-order valence-corrected chi connectivity index (χ3v) is 4.98. The molecule has 146 valence electrons. The van der Waals surface area contributed by atoms with Crippen molar-refractivity contribution in [3.05, 3.63) is 65.2 Å². The number of hydrogen-bond acceptors (Lipinski definition) is 3. The number of nitrogens with one attached hydrogen (secondary N) is 2. The second-order valence-electron chi connectivity index (χ2n) is 7.15. The second kappa shape index (κ2) is 9.04. The highest BCUT2D eigenvalue weighted by atomic mass is 32.2. The van der Waals surface area contributed by atoms with Gasteiger partial charge >= 0.3 is 0 Å². The number of para-hydroxylation sites is 1. The van der Waals surface area contributed by atoms with Gasteiger partial charge < -0.3 is 5.32 Å². The van der Waals surface area contributed by atoms with Crippen LogP contribution in [0, 0.1) is 0 Å². The van der Waals surface area contributed by atoms with E-state index >= 15 is 0 Å². The van der Waals surface area contributed by atoms with Gasteiger partial charge in [-0.2, -0.15) is 0 Å². The number of anilines is 1. The van der Waals surface area contributed by atoms with E-state index < -0.39 is 10.0 Å². The van der Waals surface area contributed by atoms with Crippen molar-refractivity contribution in [3.63, 3.8) is 0 Å². The highest BCUT2D eigenvalue weighted by molar-refractivity contribution is 7.92. The average molecular weight is 389 g/mol. The average Bonchev–Trinajstić information content (AvgIpc) is 2.59. The Morgan fingerprint density at radius 2 is 1.63 bits per heavy atom. The Bertz CT molecular complexity index is 875. The van der Waals surface area contributed by atoms with Gasteiger partial charge in [-0.3, -0.25) is 9.52 Å². The standard InChI is InChI=1S/C21H28N2O3S/c1-15(2)18-12-9-17(10-13-18)11-14-21(24)22-16(3)19-7-5-6-8-20(19)23-27(4,25)26/h5-10,12-13,15-16,23H,11,14H2,1-4H3,(H,22,24). The van der Waals surface area contributed by atoms with Crippen LogP contribution in [0.1, 0.15) is 55.8 Å². The summed E-state index contributed by atoms with van der Waals surface area (Å²) in [5.74, 6) is 0.424. The first-order chi connectivity index (χ1) is 12.7. The summed E-state index contributed by atoms with van der Waals surface area (Å²) in [5, 5.41) is 2.95. The van der Waals surface area contributed by atoms with Gasteiger partial charge in [0.15, 0.2) is 0 Å². The molecular weight excluding hydrogens is 360 g/mol. The van der Waals surface area contributed by atoms with Crippen molar-refractivity contribution in [2.45, 2.75) is 45.6 Å². The van der Waals surface area contributed by atoms with Crippen molar-refractivity contribution >= 4 is 21.6 Å². The number of amides is 1. The summed E-state index contributed by atoms with van der Waals surface area (Å²) in [7, 11) is -3.38. The zero-order valence-corrected chi connectivity index (χ0v) is 17.1. The van der Waals surface area contributed by atoms with Crippen LogP contribution in [-0.4, -0.2) is 20.6 Å². The molecule has 2 rings (SSSR count). The molecular formula is C21H28N2O3S. The van der Waals surface area contributed by atoms with E-state index in [9.17, 15) is 13.2 Å². The predicted molar refractivity (Wildman–Crippen MR) is 110 cm³/mol. The normalized spacial score (nSPS) is 12.6. The molecule has 0 bridgehead atoms. The van der Waals surface area contributed by atoms with Crippen LogP contribution in [0.25, 0.3) is 0 Å². The van der Waals surface area contributed by atoms with Crippen molar-refractivity contribution in [2.24, 2.45) is 0 Å². The first-order valence-corrected chi connectivity index (χ1v) is 11.0. The molecule has 0 aliphatic carbocycles. The molecule has 0 aliphatic heterocycles. The van der Waals surface area contributed by atoms with E-state index in [0.29, 0.717) is 24.4 Å². The summed E-state index contributed by atoms with van der Waals surface area (Å²) in [6.07, 6.45) is 2.16. The summed E-state index contributed by atoms with van der Waals surface area (Å²) in [6, 6.07) is 15.1. The molecule has 1 atom stereocenters. The fourth-order valence-corrected chi connectivity index (χ4v) is 3.47. The molecule has 0 heterocycles. The minimum Gasteiger partial charge on any atom is -0.349 e. The van der Waals surface area contributed by atoms with Gasteiger partial charge in [-0.15, -0.1) is 0 Å². The van der Waals surface area contributed by atoms with Gasteiger partial charge in [0.2, 0.25) is 15.9 Å². The molecule has 1 amide bonds. The molecule has 2 aromatic rings. The number of carbonyl (C=O) groups is 1. The maximum Gasteiger partial charge on any atom is 0.229 e. The minimum atomic E-state index is -3.38. The van der Waals surface area contributed by atoms with Crippen molar-refractivity contribution in [3.8, 4) is 0 Å². The van der Waals surface area contributed by atoms with E-state index in [-0.39, 0.29) is 11.9 Å². The van der Waals surface area contributed by atoms with Crippen LogP contribution >= 0.6 is 0 Å². The van der Waals surface area contributed by atoms with Crippen LogP contribution in [-0.2, 0) is 21.2 Å². The van der Waals surface area contributed by atoms with Crippen LogP contribution in [0.5, 0.6) is 0 Å². The van der Waals surface area contributed by atoms with E-state index in [4.69, 9.17) is 0 Å². The minimum absolute atomic E-state index is 0.0652. The molecule has 0 aliphatic rings. The van der Waals surface area contributed by atoms with E-state index in [1.165, 1.54) is 5.56 Å². The summed E-state index contributed by atoms with van der Waals surface area (Å²) >= 11 is 0. The van der Waals surface area contributed by atoms with Gasteiger partial charge in [-0.05, 0) is 42.0 Å². The lowest BCUT2D eigenvalue weighted by Gasteiger charge is -2.18. The van der Waals surface area contributed by atoms with Crippen LogP contribution in [0.3, 0.4) is 0 Å². The predicted octanol–water partition coefficient (Wildman–Crippen LogP) is 3.99. The van der Waals surface area contributed by atoms with Crippen LogP contribution < -0.4 is 10.0 Å². The molecule has 1 unspecified atom stereocenters. The third kappa shape index (κ3) is 6.71. The maximum atomic E-state index is 12.3. The molecule has 2 aromatic carbocycles. The van der Waals surface area contributed by atoms with E-state index in [1.807, 2.05) is 19.1 Å². The van der Waals surface area contributed by atoms with Gasteiger partial charge in [-0.25, -0.2) is 8.42 Å². The van der Waals surface area contributed by atoms with Crippen molar-refractivity contribution in [1.82, 2.24) is 5.32 Å². The molecule has 27 heavy (non-hydrogen) atoms. The molecule has 0 fully saturated rings. The Kier molecular flexibility index (Phi) is 7.02. The summed E-state index contributed by atoms with van der Waals surface area (Å²) < 4.78 is 25.5. The van der Waals surface area contributed by atoms with Crippen molar-refractivity contribution in [1.29, 1.82) is 0 Å². The number of benzene rings is 2. The molecule has 0 aromatic heterocycles. The Morgan fingerprint density at radius 3 is 2.22 bits per heavy atom. The number of rotatable bonds is 8. The first kappa shape index (κ1) is 21.0. The molecule has 0 saturated heterocycles. The number of aryl methyl sites for hydroxylation is 1. The number of sulfonamides is 1. The van der Waals surface area contributed by atoms with Crippen molar-refractivity contribution in [2.75, 3.05) is 11.0 Å². The Balaban J connectivity index is 1.96. The molecule has 6 heteroatoms. The fourth-order valence-electron chi connectivity index (χ4n) is 2.89. The molecule has 5 nitrogen and oxygen atoms in total. The van der Waals surface area contributed by atoms with Gasteiger partial charge in [-0.1, -0.05) is 56.3 Å². The zero-order chi connectivity index (χ0) is 20.0. The van der Waals surface area contributed by atoms with Crippen LogP contribution in [0.4, 0.5) is 5.69 Å². The van der Waals surface area contributed by atoms with Gasteiger partial charge in [0.25, 0.3) is 0 Å². The van der Waals surface area contributed by atoms with E-state index in [0.717, 1.165) is 17.4 Å². The lowest BCUT2D eigenvalue weighted by molar-refractivity contribution is -0.121. The maximum absolute atomic E-state index is 12.3. The molecule has 0 radical (unpaired) electrons. The smallest absolute Gasteiger partial charge is 0.229 e. The van der Waals surface area contributed by atoms with Crippen LogP contribution in [0.2, 0.25) is 0 Å². The summed E-state index contributed by atoms with van der Waals surface area (Å²) in [5.41, 5.74) is 3.63. The molecule has 2 N–H and O–H groups in total. The second-order valence-corrected chi connectivity index (χ2v) is 8.90. The van der Waals surface area contributed by atoms with Gasteiger partial charge in [0, 0.05) is 6.42 Å². The fraction of sp³-hybridized carbons (Fsp3) is 0.381. The first-order valence-electron chi connectivity index (χ1n) is 9.10. The Morgan fingerprint density at radius 1 is 1.00 bits per heavy atom. The highest BCUT2D eigenvalue weighted by Crippen LogP contribution is 2.23. The molecule has 0 saturated carbocycles. The van der Waals surface area contributed by atoms with Crippen LogP contribution in [0.15, 0.2) is 48.5 Å². The highest BCUT2D eigenvalue weighted by Gasteiger charge is 2.15. The topological polar surface area (TPSA) is 75.3 Å². The monoisotopic (exact) mass is 388 g/mol. The quantitative estimate of drug-likeness (QED) is 0.718. The molecule has 0 spiro atoms. The number of carbonyl (C=O) groups excluding carboxylic acids is 1. The number of hydrogen-bond donors (Lipinski definition) is 2. The summed E-state index contributed by atoms with van der Waals surface area (Å²) in [4.78, 5) is 12.3.